The zero-order valence-corrected chi connectivity index (χ0v) is 14.6. The van der Waals surface area contributed by atoms with Crippen molar-refractivity contribution >= 4 is 35.0 Å². The average Bonchev–Trinajstić information content (AvgIpc) is 2.85. The van der Waals surface area contributed by atoms with E-state index in [9.17, 15) is 24.0 Å². The summed E-state index contributed by atoms with van der Waals surface area (Å²) in [5.41, 5.74) is 0.730. The van der Waals surface area contributed by atoms with Crippen LogP contribution < -0.4 is 5.32 Å². The lowest BCUT2D eigenvalue weighted by atomic mass is 9.92. The number of nitrogens with zero attached hydrogens (tertiary/aromatic N) is 2. The Hall–Kier alpha value is -3.03. The summed E-state index contributed by atoms with van der Waals surface area (Å²) in [4.78, 5) is 63.3. The lowest BCUT2D eigenvalue weighted by Crippen LogP contribution is -2.47. The summed E-state index contributed by atoms with van der Waals surface area (Å²) in [6, 6.07) is 3.84. The standard InChI is InChI=1S/C18H19N3O5/c1-20(2)15(24)9-19-12-5-3-4-11-16(12)18(26)21(17(11)25)13-7-6-10(22)8-14(13)23/h3-5,13,19H,6-9H2,1-2H3. The van der Waals surface area contributed by atoms with E-state index in [1.165, 1.54) is 11.0 Å². The van der Waals surface area contributed by atoms with Gasteiger partial charge in [-0.05, 0) is 18.6 Å². The first-order valence-corrected chi connectivity index (χ1v) is 8.30. The van der Waals surface area contributed by atoms with Crippen molar-refractivity contribution in [2.75, 3.05) is 26.0 Å². The van der Waals surface area contributed by atoms with Crippen LogP contribution in [0.5, 0.6) is 0 Å². The van der Waals surface area contributed by atoms with Crippen molar-refractivity contribution in [2.45, 2.75) is 25.3 Å². The smallest absolute Gasteiger partial charge is 0.264 e. The SMILES string of the molecule is CN(C)C(=O)CNc1cccc2c1C(=O)N(C1CCC(=O)CC1=O)C2=O. The molecule has 0 radical (unpaired) electrons. The van der Waals surface area contributed by atoms with Gasteiger partial charge < -0.3 is 10.2 Å². The summed E-state index contributed by atoms with van der Waals surface area (Å²) in [5, 5.41) is 2.89. The Balaban J connectivity index is 1.88. The molecule has 0 saturated heterocycles. The lowest BCUT2D eigenvalue weighted by Gasteiger charge is -2.27. The molecule has 1 aromatic carbocycles. The Morgan fingerprint density at radius 3 is 2.58 bits per heavy atom. The number of rotatable bonds is 4. The van der Waals surface area contributed by atoms with Gasteiger partial charge in [-0.25, -0.2) is 0 Å². The Labute approximate surface area is 150 Å². The Morgan fingerprint density at radius 1 is 1.19 bits per heavy atom. The van der Waals surface area contributed by atoms with Gasteiger partial charge in [-0.15, -0.1) is 0 Å². The number of carbonyl (C=O) groups is 5. The Morgan fingerprint density at radius 2 is 1.92 bits per heavy atom. The highest BCUT2D eigenvalue weighted by Crippen LogP contribution is 2.33. The van der Waals surface area contributed by atoms with E-state index in [0.717, 1.165) is 4.90 Å². The number of hydrogen-bond acceptors (Lipinski definition) is 6. The van der Waals surface area contributed by atoms with E-state index in [-0.39, 0.29) is 48.6 Å². The molecule has 0 spiro atoms. The molecule has 1 aliphatic heterocycles. The monoisotopic (exact) mass is 357 g/mol. The van der Waals surface area contributed by atoms with Crippen molar-refractivity contribution in [1.82, 2.24) is 9.80 Å². The number of benzene rings is 1. The second-order valence-electron chi connectivity index (χ2n) is 6.59. The molecule has 1 fully saturated rings. The molecule has 1 saturated carbocycles. The topological polar surface area (TPSA) is 104 Å². The van der Waals surface area contributed by atoms with Crippen LogP contribution in [-0.4, -0.2) is 65.8 Å². The van der Waals surface area contributed by atoms with Gasteiger partial charge in [-0.2, -0.15) is 0 Å². The molecule has 0 bridgehead atoms. The van der Waals surface area contributed by atoms with Crippen LogP contribution in [0.3, 0.4) is 0 Å². The molecule has 1 unspecified atom stereocenters. The number of fused-ring (bicyclic) bond motifs is 1. The van der Waals surface area contributed by atoms with Crippen molar-refractivity contribution in [1.29, 1.82) is 0 Å². The van der Waals surface area contributed by atoms with Crippen molar-refractivity contribution in [3.05, 3.63) is 29.3 Å². The highest BCUT2D eigenvalue weighted by atomic mass is 16.2. The van der Waals surface area contributed by atoms with Crippen LogP contribution in [0, 0.1) is 0 Å². The van der Waals surface area contributed by atoms with Gasteiger partial charge in [0, 0.05) is 26.2 Å². The van der Waals surface area contributed by atoms with Gasteiger partial charge in [0.1, 0.15) is 5.78 Å². The molecule has 136 valence electrons. The van der Waals surface area contributed by atoms with Gasteiger partial charge in [-0.1, -0.05) is 6.07 Å². The van der Waals surface area contributed by atoms with E-state index < -0.39 is 23.6 Å². The number of carbonyl (C=O) groups excluding carboxylic acids is 5. The van der Waals surface area contributed by atoms with E-state index in [1.54, 1.807) is 26.2 Å². The Kier molecular flexibility index (Phi) is 4.58. The number of likely N-dealkylation sites (N-methyl/N-ethyl adjacent to an activating group) is 1. The summed E-state index contributed by atoms with van der Waals surface area (Å²) >= 11 is 0. The van der Waals surface area contributed by atoms with Crippen LogP contribution in [0.15, 0.2) is 18.2 Å². The fourth-order valence-corrected chi connectivity index (χ4v) is 3.20. The first-order chi connectivity index (χ1) is 12.3. The minimum absolute atomic E-state index is 0.0260. The van der Waals surface area contributed by atoms with Crippen LogP contribution in [0.4, 0.5) is 5.69 Å². The van der Waals surface area contributed by atoms with Gasteiger partial charge in [0.2, 0.25) is 5.91 Å². The third-order valence-corrected chi connectivity index (χ3v) is 4.63. The molecular formula is C18H19N3O5. The van der Waals surface area contributed by atoms with Gasteiger partial charge in [-0.3, -0.25) is 28.9 Å². The van der Waals surface area contributed by atoms with E-state index in [0.29, 0.717) is 5.69 Å². The molecule has 8 nitrogen and oxygen atoms in total. The summed E-state index contributed by atoms with van der Waals surface area (Å²) in [7, 11) is 3.23. The molecule has 8 heteroatoms. The molecule has 3 rings (SSSR count). The predicted molar refractivity (Wildman–Crippen MR) is 91.8 cm³/mol. The first kappa shape index (κ1) is 17.8. The molecule has 26 heavy (non-hydrogen) atoms. The zero-order chi connectivity index (χ0) is 19.0. The molecule has 1 N–H and O–H groups in total. The maximum Gasteiger partial charge on any atom is 0.264 e. The molecule has 1 atom stereocenters. The normalized spacial score (nSPS) is 19.6. The van der Waals surface area contributed by atoms with E-state index in [4.69, 9.17) is 0 Å². The van der Waals surface area contributed by atoms with Crippen LogP contribution in [0.1, 0.15) is 40.0 Å². The van der Waals surface area contributed by atoms with Gasteiger partial charge in [0.25, 0.3) is 11.8 Å². The van der Waals surface area contributed by atoms with Crippen LogP contribution in [0.25, 0.3) is 0 Å². The van der Waals surface area contributed by atoms with Crippen molar-refractivity contribution in [2.24, 2.45) is 0 Å². The number of nitrogens with one attached hydrogen (secondary N) is 1. The number of anilines is 1. The summed E-state index contributed by atoms with van der Waals surface area (Å²) < 4.78 is 0. The van der Waals surface area contributed by atoms with E-state index in [2.05, 4.69) is 5.32 Å². The fraction of sp³-hybridized carbons (Fsp3) is 0.389. The van der Waals surface area contributed by atoms with Gasteiger partial charge in [0.05, 0.1) is 30.1 Å². The van der Waals surface area contributed by atoms with E-state index >= 15 is 0 Å². The minimum atomic E-state index is -0.906. The highest BCUT2D eigenvalue weighted by Gasteiger charge is 2.45. The van der Waals surface area contributed by atoms with Crippen molar-refractivity contribution in [3.8, 4) is 0 Å². The average molecular weight is 357 g/mol. The van der Waals surface area contributed by atoms with E-state index in [1.807, 2.05) is 0 Å². The maximum absolute atomic E-state index is 12.9. The number of Topliss-reactive ketones (excluding diaryl/α,β-unsaturated/α-hetero) is 2. The predicted octanol–water partition coefficient (Wildman–Crippen LogP) is 0.473. The van der Waals surface area contributed by atoms with Crippen LogP contribution in [0.2, 0.25) is 0 Å². The fourth-order valence-electron chi connectivity index (χ4n) is 3.20. The highest BCUT2D eigenvalue weighted by molar-refractivity contribution is 6.25. The van der Waals surface area contributed by atoms with Crippen molar-refractivity contribution in [3.63, 3.8) is 0 Å². The second kappa shape index (κ2) is 6.70. The molecule has 3 amide bonds. The van der Waals surface area contributed by atoms with Crippen molar-refractivity contribution < 1.29 is 24.0 Å². The number of ketones is 2. The third kappa shape index (κ3) is 2.98. The second-order valence-corrected chi connectivity index (χ2v) is 6.59. The molecule has 0 aromatic heterocycles. The summed E-state index contributed by atoms with van der Waals surface area (Å²) in [5.74, 6) is -1.88. The molecular weight excluding hydrogens is 338 g/mol. The summed E-state index contributed by atoms with van der Waals surface area (Å²) in [6.45, 7) is -0.0260. The number of imide groups is 1. The van der Waals surface area contributed by atoms with Gasteiger partial charge >= 0.3 is 0 Å². The zero-order valence-electron chi connectivity index (χ0n) is 14.6. The number of hydrogen-bond donors (Lipinski definition) is 1. The number of amides is 3. The molecule has 1 aromatic rings. The molecule has 2 aliphatic rings. The third-order valence-electron chi connectivity index (χ3n) is 4.63. The Bertz CT molecular complexity index is 830. The quantitative estimate of drug-likeness (QED) is 0.621. The largest absolute Gasteiger partial charge is 0.375 e. The molecule has 1 aliphatic carbocycles. The summed E-state index contributed by atoms with van der Waals surface area (Å²) in [6.07, 6.45) is 0.0811. The van der Waals surface area contributed by atoms with Crippen LogP contribution in [-0.2, 0) is 14.4 Å². The first-order valence-electron chi connectivity index (χ1n) is 8.30. The molecule has 1 heterocycles. The van der Waals surface area contributed by atoms with Crippen LogP contribution >= 0.6 is 0 Å². The van der Waals surface area contributed by atoms with Gasteiger partial charge in [0.15, 0.2) is 5.78 Å². The minimum Gasteiger partial charge on any atom is -0.375 e. The maximum atomic E-state index is 12.9. The lowest BCUT2D eigenvalue weighted by molar-refractivity contribution is -0.132.